The van der Waals surface area contributed by atoms with E-state index in [0.717, 1.165) is 39.2 Å². The number of rotatable bonds is 8. The molecule has 152 valence electrons. The van der Waals surface area contributed by atoms with Crippen molar-refractivity contribution in [1.29, 1.82) is 0 Å². The lowest BCUT2D eigenvalue weighted by Crippen LogP contribution is -2.45. The number of sulfonamides is 1. The van der Waals surface area contributed by atoms with E-state index < -0.39 is 27.9 Å². The summed E-state index contributed by atoms with van der Waals surface area (Å²) < 4.78 is 30.6. The predicted molar refractivity (Wildman–Crippen MR) is 109 cm³/mol. The molecular formula is C16H20N4O5S3. The Morgan fingerprint density at radius 2 is 1.93 bits per heavy atom. The van der Waals surface area contributed by atoms with Crippen LogP contribution in [-0.2, 0) is 24.3 Å². The van der Waals surface area contributed by atoms with E-state index in [1.54, 1.807) is 24.3 Å². The molecule has 12 heteroatoms. The molecule has 1 heterocycles. The number of nitrogens with one attached hydrogen (secondary N) is 1. The number of esters is 1. The number of aromatic nitrogens is 2. The molecule has 1 N–H and O–H groups in total. The topological polar surface area (TPSA) is 119 Å². The van der Waals surface area contributed by atoms with Crippen LogP contribution in [0.2, 0.25) is 0 Å². The lowest BCUT2D eigenvalue weighted by Gasteiger charge is -2.27. The Morgan fingerprint density at radius 3 is 2.50 bits per heavy atom. The molecule has 0 bridgehead atoms. The van der Waals surface area contributed by atoms with Gasteiger partial charge in [-0.25, -0.2) is 8.42 Å². The molecule has 1 aromatic heterocycles. The van der Waals surface area contributed by atoms with Crippen molar-refractivity contribution in [1.82, 2.24) is 10.2 Å². The summed E-state index contributed by atoms with van der Waals surface area (Å²) in [6.45, 7) is 3.38. The quantitative estimate of drug-likeness (QED) is 0.373. The molecule has 0 aliphatic heterocycles. The van der Waals surface area contributed by atoms with Gasteiger partial charge >= 0.3 is 5.97 Å². The highest BCUT2D eigenvalue weighted by atomic mass is 32.2. The molecule has 1 aromatic carbocycles. The van der Waals surface area contributed by atoms with E-state index >= 15 is 0 Å². The minimum Gasteiger partial charge on any atom is -0.468 e. The van der Waals surface area contributed by atoms with E-state index in [-0.39, 0.29) is 10.9 Å². The van der Waals surface area contributed by atoms with Gasteiger partial charge in [0.05, 0.1) is 24.8 Å². The molecule has 1 amide bonds. The summed E-state index contributed by atoms with van der Waals surface area (Å²) in [5.74, 6) is -0.877. The summed E-state index contributed by atoms with van der Waals surface area (Å²) in [7, 11) is -2.41. The molecule has 0 saturated heterocycles. The number of nitrogens with zero attached hydrogens (tertiary/aromatic N) is 3. The maximum atomic E-state index is 12.6. The molecule has 0 saturated carbocycles. The van der Waals surface area contributed by atoms with Gasteiger partial charge in [0.15, 0.2) is 4.34 Å². The van der Waals surface area contributed by atoms with Gasteiger partial charge < -0.3 is 4.74 Å². The van der Waals surface area contributed by atoms with Crippen molar-refractivity contribution in [3.8, 4) is 0 Å². The van der Waals surface area contributed by atoms with Crippen molar-refractivity contribution in [2.45, 2.75) is 24.2 Å². The summed E-state index contributed by atoms with van der Waals surface area (Å²) in [5.41, 5.74) is 1.36. The molecule has 2 aromatic rings. The average molecular weight is 445 g/mol. The van der Waals surface area contributed by atoms with Crippen molar-refractivity contribution in [3.05, 3.63) is 29.8 Å². The van der Waals surface area contributed by atoms with Crippen LogP contribution in [-0.4, -0.2) is 55.7 Å². The molecule has 0 spiro atoms. The third kappa shape index (κ3) is 5.91. The van der Waals surface area contributed by atoms with Crippen molar-refractivity contribution < 1.29 is 22.7 Å². The molecule has 2 rings (SSSR count). The third-order valence-electron chi connectivity index (χ3n) is 3.55. The fourth-order valence-electron chi connectivity index (χ4n) is 2.21. The predicted octanol–water partition coefficient (Wildman–Crippen LogP) is 1.90. The summed E-state index contributed by atoms with van der Waals surface area (Å²) >= 11 is 2.21. The first-order valence-electron chi connectivity index (χ1n) is 8.02. The number of carbonyl (C=O) groups excluding carboxylic acids is 2. The van der Waals surface area contributed by atoms with Gasteiger partial charge in [-0.15, -0.1) is 10.2 Å². The van der Waals surface area contributed by atoms with E-state index in [1.165, 1.54) is 14.0 Å². The Kier molecular flexibility index (Phi) is 7.38. The molecule has 28 heavy (non-hydrogen) atoms. The molecule has 1 atom stereocenters. The second-order valence-electron chi connectivity index (χ2n) is 5.80. The number of hydrogen-bond acceptors (Lipinski definition) is 9. The van der Waals surface area contributed by atoms with Gasteiger partial charge in [0.2, 0.25) is 21.1 Å². The van der Waals surface area contributed by atoms with Crippen LogP contribution in [0.15, 0.2) is 28.6 Å². The van der Waals surface area contributed by atoms with E-state index in [9.17, 15) is 18.0 Å². The van der Waals surface area contributed by atoms with Crippen molar-refractivity contribution in [2.24, 2.45) is 0 Å². The molecule has 0 aliphatic rings. The van der Waals surface area contributed by atoms with E-state index in [1.807, 2.05) is 6.92 Å². The van der Waals surface area contributed by atoms with Gasteiger partial charge in [0, 0.05) is 0 Å². The van der Waals surface area contributed by atoms with Crippen LogP contribution in [0.25, 0.3) is 0 Å². The van der Waals surface area contributed by atoms with Crippen LogP contribution >= 0.6 is 23.1 Å². The Morgan fingerprint density at radius 1 is 1.29 bits per heavy atom. The van der Waals surface area contributed by atoms with Gasteiger partial charge in [-0.2, -0.15) is 0 Å². The maximum Gasteiger partial charge on any atom is 0.316 e. The Balaban J connectivity index is 2.12. The fourth-order valence-corrected chi connectivity index (χ4v) is 4.97. The van der Waals surface area contributed by atoms with Gasteiger partial charge in [-0.1, -0.05) is 40.8 Å². The first kappa shape index (κ1) is 22.1. The Bertz CT molecular complexity index is 943. The number of benzene rings is 1. The van der Waals surface area contributed by atoms with Crippen LogP contribution in [0.4, 0.5) is 10.8 Å². The number of anilines is 2. The zero-order chi connectivity index (χ0) is 20.9. The van der Waals surface area contributed by atoms with Crippen LogP contribution in [0.1, 0.15) is 12.5 Å². The molecular weight excluding hydrogens is 424 g/mol. The second kappa shape index (κ2) is 9.34. The standard InChI is InChI=1S/C16H20N4O5S3/c1-10-5-7-12(8-6-10)20(28(4,23)24)11(2)14(22)17-15-18-19-16(27-15)26-9-13(21)25-3/h5-8,11H,9H2,1-4H3,(H,17,18,22)/t11-/m1/s1. The Labute approximate surface area is 171 Å². The largest absolute Gasteiger partial charge is 0.468 e. The number of methoxy groups -OCH3 is 1. The fraction of sp³-hybridized carbons (Fsp3) is 0.375. The minimum absolute atomic E-state index is 0.0742. The molecule has 0 unspecified atom stereocenters. The highest BCUT2D eigenvalue weighted by Crippen LogP contribution is 2.26. The van der Waals surface area contributed by atoms with Gasteiger partial charge in [-0.3, -0.25) is 19.2 Å². The average Bonchev–Trinajstić information content (AvgIpc) is 3.07. The van der Waals surface area contributed by atoms with E-state index in [0.29, 0.717) is 10.0 Å². The van der Waals surface area contributed by atoms with Gasteiger partial charge in [-0.05, 0) is 26.0 Å². The van der Waals surface area contributed by atoms with Crippen molar-refractivity contribution in [2.75, 3.05) is 28.7 Å². The molecule has 0 radical (unpaired) electrons. The highest BCUT2D eigenvalue weighted by molar-refractivity contribution is 8.01. The number of carbonyl (C=O) groups is 2. The third-order valence-corrected chi connectivity index (χ3v) is 6.74. The van der Waals surface area contributed by atoms with Crippen molar-refractivity contribution >= 4 is 55.8 Å². The van der Waals surface area contributed by atoms with Crippen LogP contribution in [0, 0.1) is 6.92 Å². The zero-order valence-corrected chi connectivity index (χ0v) is 18.2. The molecule has 0 fully saturated rings. The van der Waals surface area contributed by atoms with Crippen LogP contribution in [0.5, 0.6) is 0 Å². The SMILES string of the molecule is COC(=O)CSc1nnc(NC(=O)[C@@H](C)N(c2ccc(C)cc2)S(C)(=O)=O)s1. The molecule has 0 aliphatic carbocycles. The monoisotopic (exact) mass is 444 g/mol. The number of thioether (sulfide) groups is 1. The zero-order valence-electron chi connectivity index (χ0n) is 15.7. The first-order valence-corrected chi connectivity index (χ1v) is 11.7. The van der Waals surface area contributed by atoms with Gasteiger partial charge in [0.1, 0.15) is 6.04 Å². The van der Waals surface area contributed by atoms with Gasteiger partial charge in [0.25, 0.3) is 0 Å². The maximum absolute atomic E-state index is 12.6. The van der Waals surface area contributed by atoms with Crippen LogP contribution in [0.3, 0.4) is 0 Å². The minimum atomic E-state index is -3.70. The lowest BCUT2D eigenvalue weighted by molar-refractivity contribution is -0.137. The van der Waals surface area contributed by atoms with Crippen LogP contribution < -0.4 is 9.62 Å². The normalized spacial score (nSPS) is 12.3. The first-order chi connectivity index (χ1) is 13.1. The summed E-state index contributed by atoms with van der Waals surface area (Å²) in [6, 6.07) is 5.83. The Hall–Kier alpha value is -2.18. The number of aryl methyl sites for hydroxylation is 1. The molecule has 9 nitrogen and oxygen atoms in total. The summed E-state index contributed by atoms with van der Waals surface area (Å²) in [6.07, 6.45) is 1.04. The highest BCUT2D eigenvalue weighted by Gasteiger charge is 2.29. The van der Waals surface area contributed by atoms with E-state index in [2.05, 4.69) is 20.3 Å². The van der Waals surface area contributed by atoms with E-state index in [4.69, 9.17) is 0 Å². The summed E-state index contributed by atoms with van der Waals surface area (Å²) in [4.78, 5) is 23.8. The lowest BCUT2D eigenvalue weighted by atomic mass is 10.2. The smallest absolute Gasteiger partial charge is 0.316 e. The van der Waals surface area contributed by atoms with Crippen molar-refractivity contribution in [3.63, 3.8) is 0 Å². The summed E-state index contributed by atoms with van der Waals surface area (Å²) in [5, 5.41) is 10.5. The number of ether oxygens (including phenoxy) is 1. The second-order valence-corrected chi connectivity index (χ2v) is 9.86. The number of amides is 1. The number of hydrogen-bond donors (Lipinski definition) is 1.